The van der Waals surface area contributed by atoms with E-state index in [-0.39, 0.29) is 31.1 Å². The van der Waals surface area contributed by atoms with Crippen LogP contribution in [-0.4, -0.2) is 48.9 Å². The lowest BCUT2D eigenvalue weighted by atomic mass is 9.99. The molecule has 1 amide bonds. The van der Waals surface area contributed by atoms with Crippen molar-refractivity contribution in [3.63, 3.8) is 0 Å². The number of halogens is 1. The van der Waals surface area contributed by atoms with Crippen LogP contribution in [0.3, 0.4) is 0 Å². The summed E-state index contributed by atoms with van der Waals surface area (Å²) in [6, 6.07) is 10.5. The first kappa shape index (κ1) is 26.2. The number of ether oxygens (including phenoxy) is 1. The molecule has 1 unspecified atom stereocenters. The number of thiazole rings is 1. The topological polar surface area (TPSA) is 98.0 Å². The Labute approximate surface area is 213 Å². The molecule has 0 bridgehead atoms. The van der Waals surface area contributed by atoms with Gasteiger partial charge in [0.05, 0.1) is 27.6 Å². The highest BCUT2D eigenvalue weighted by molar-refractivity contribution is 7.89. The largest absolute Gasteiger partial charge is 0.465 e. The minimum atomic E-state index is -3.87. The predicted molar refractivity (Wildman–Crippen MR) is 134 cm³/mol. The number of aromatic nitrogens is 1. The second kappa shape index (κ2) is 11.0. The highest BCUT2D eigenvalue weighted by Crippen LogP contribution is 2.25. The Morgan fingerprint density at radius 1 is 1.17 bits per heavy atom. The first-order chi connectivity index (χ1) is 17.2. The number of piperidine rings is 1. The zero-order valence-electron chi connectivity index (χ0n) is 20.1. The minimum Gasteiger partial charge on any atom is -0.465 e. The summed E-state index contributed by atoms with van der Waals surface area (Å²) in [6.45, 7) is 4.20. The van der Waals surface area contributed by atoms with Gasteiger partial charge in [-0.1, -0.05) is 24.3 Å². The molecule has 11 heteroatoms. The molecule has 2 heterocycles. The van der Waals surface area contributed by atoms with Crippen LogP contribution in [0.2, 0.25) is 0 Å². The molecule has 0 spiro atoms. The molecule has 0 aliphatic carbocycles. The number of benzene rings is 2. The first-order valence-corrected chi connectivity index (χ1v) is 14.1. The summed E-state index contributed by atoms with van der Waals surface area (Å²) < 4.78 is 48.3. The van der Waals surface area contributed by atoms with Gasteiger partial charge in [0, 0.05) is 13.1 Å². The van der Waals surface area contributed by atoms with Crippen LogP contribution in [0.1, 0.15) is 32.3 Å². The van der Waals surface area contributed by atoms with Gasteiger partial charge in [0.2, 0.25) is 10.0 Å². The molecule has 3 aromatic rings. The van der Waals surface area contributed by atoms with Crippen molar-refractivity contribution < 1.29 is 27.1 Å². The van der Waals surface area contributed by atoms with Crippen LogP contribution in [-0.2, 0) is 37.3 Å². The standard InChI is InChI=1S/C25H28FN3O5S2/c1-3-17-7-12-21-22(14-17)35-25(29(21)16-23(30)34-4-2)27-24(31)18-6-5-13-28(15-18)36(32,33)20-10-8-19(26)9-11-20/h7-12,14,18H,3-6,13,15-16H2,1-2H3. The van der Waals surface area contributed by atoms with E-state index >= 15 is 0 Å². The lowest BCUT2D eigenvalue weighted by Gasteiger charge is -2.30. The van der Waals surface area contributed by atoms with E-state index in [4.69, 9.17) is 4.74 Å². The zero-order valence-corrected chi connectivity index (χ0v) is 21.8. The third kappa shape index (κ3) is 5.58. The number of hydrogen-bond acceptors (Lipinski definition) is 6. The number of fused-ring (bicyclic) bond motifs is 1. The second-order valence-electron chi connectivity index (χ2n) is 8.54. The smallest absolute Gasteiger partial charge is 0.326 e. The van der Waals surface area contributed by atoms with Gasteiger partial charge in [-0.05, 0) is 68.1 Å². The zero-order chi connectivity index (χ0) is 25.9. The molecule has 36 heavy (non-hydrogen) atoms. The molecule has 0 saturated carbocycles. The molecule has 1 aromatic heterocycles. The third-order valence-corrected chi connectivity index (χ3v) is 9.06. The van der Waals surface area contributed by atoms with Crippen LogP contribution >= 0.6 is 11.3 Å². The van der Waals surface area contributed by atoms with Gasteiger partial charge in [-0.2, -0.15) is 9.30 Å². The summed E-state index contributed by atoms with van der Waals surface area (Å²) in [6.07, 6.45) is 1.85. The average Bonchev–Trinajstić information content (AvgIpc) is 3.20. The van der Waals surface area contributed by atoms with Gasteiger partial charge in [0.15, 0.2) is 4.80 Å². The number of sulfonamides is 1. The maximum Gasteiger partial charge on any atom is 0.326 e. The second-order valence-corrected chi connectivity index (χ2v) is 11.5. The fourth-order valence-corrected chi connectivity index (χ4v) is 6.84. The summed E-state index contributed by atoms with van der Waals surface area (Å²) in [5.74, 6) is -2.01. The van der Waals surface area contributed by atoms with Gasteiger partial charge >= 0.3 is 5.97 Å². The normalized spacial score (nSPS) is 17.4. The summed E-state index contributed by atoms with van der Waals surface area (Å²) in [5.41, 5.74) is 1.90. The Kier molecular flexibility index (Phi) is 8.01. The number of carbonyl (C=O) groups is 2. The number of hydrogen-bond donors (Lipinski definition) is 0. The van der Waals surface area contributed by atoms with Crippen LogP contribution in [0.15, 0.2) is 52.4 Å². The maximum absolute atomic E-state index is 13.3. The van der Waals surface area contributed by atoms with Crippen LogP contribution in [0.5, 0.6) is 0 Å². The van der Waals surface area contributed by atoms with Gasteiger partial charge in [-0.25, -0.2) is 12.8 Å². The van der Waals surface area contributed by atoms with Crippen LogP contribution in [0, 0.1) is 11.7 Å². The van der Waals surface area contributed by atoms with Crippen molar-refractivity contribution in [3.05, 3.63) is 58.6 Å². The van der Waals surface area contributed by atoms with Crippen molar-refractivity contribution in [1.29, 1.82) is 0 Å². The van der Waals surface area contributed by atoms with E-state index in [0.29, 0.717) is 17.6 Å². The van der Waals surface area contributed by atoms with Gasteiger partial charge in [0.25, 0.3) is 5.91 Å². The Morgan fingerprint density at radius 3 is 2.61 bits per heavy atom. The molecule has 2 aromatic carbocycles. The fraction of sp³-hybridized carbons (Fsp3) is 0.400. The summed E-state index contributed by atoms with van der Waals surface area (Å²) in [4.78, 5) is 30.2. The molecular weight excluding hydrogens is 505 g/mol. The van der Waals surface area contributed by atoms with E-state index in [1.165, 1.54) is 27.8 Å². The van der Waals surface area contributed by atoms with Crippen molar-refractivity contribution in [2.75, 3.05) is 19.7 Å². The van der Waals surface area contributed by atoms with Crippen molar-refractivity contribution in [1.82, 2.24) is 8.87 Å². The van der Waals surface area contributed by atoms with Crippen LogP contribution in [0.25, 0.3) is 10.2 Å². The Hall–Kier alpha value is -2.89. The summed E-state index contributed by atoms with van der Waals surface area (Å²) in [7, 11) is -3.87. The Morgan fingerprint density at radius 2 is 1.92 bits per heavy atom. The fourth-order valence-electron chi connectivity index (χ4n) is 4.21. The molecule has 1 aliphatic rings. The molecule has 192 valence electrons. The van der Waals surface area contributed by atoms with Crippen molar-refractivity contribution in [2.45, 2.75) is 44.6 Å². The molecular formula is C25H28FN3O5S2. The van der Waals surface area contributed by atoms with E-state index < -0.39 is 33.6 Å². The lowest BCUT2D eigenvalue weighted by Crippen LogP contribution is -2.42. The average molecular weight is 534 g/mol. The predicted octanol–water partition coefficient (Wildman–Crippen LogP) is 3.50. The molecule has 8 nitrogen and oxygen atoms in total. The van der Waals surface area contributed by atoms with E-state index in [1.807, 2.05) is 25.1 Å². The van der Waals surface area contributed by atoms with Gasteiger partial charge in [-0.3, -0.25) is 9.59 Å². The molecule has 1 fully saturated rings. The monoisotopic (exact) mass is 533 g/mol. The number of amides is 1. The lowest BCUT2D eigenvalue weighted by molar-refractivity contribution is -0.143. The maximum atomic E-state index is 13.3. The van der Waals surface area contributed by atoms with Crippen molar-refractivity contribution >= 4 is 43.5 Å². The summed E-state index contributed by atoms with van der Waals surface area (Å²) in [5, 5.41) is 0. The number of aryl methyl sites for hydroxylation is 1. The van der Waals surface area contributed by atoms with Gasteiger partial charge < -0.3 is 9.30 Å². The SMILES string of the molecule is CCOC(=O)Cn1c(=NC(=O)C2CCCN(S(=O)(=O)c3ccc(F)cc3)C2)sc2cc(CC)ccc21. The minimum absolute atomic E-state index is 0.00913. The van der Waals surface area contributed by atoms with E-state index in [1.54, 1.807) is 11.5 Å². The molecule has 1 saturated heterocycles. The number of carbonyl (C=O) groups excluding carboxylic acids is 2. The molecule has 1 aliphatic heterocycles. The molecule has 4 rings (SSSR count). The quantitative estimate of drug-likeness (QED) is 0.433. The molecule has 0 N–H and O–H groups in total. The van der Waals surface area contributed by atoms with E-state index in [0.717, 1.165) is 34.3 Å². The number of esters is 1. The van der Waals surface area contributed by atoms with Crippen molar-refractivity contribution in [2.24, 2.45) is 10.9 Å². The van der Waals surface area contributed by atoms with E-state index in [2.05, 4.69) is 4.99 Å². The Balaban J connectivity index is 1.64. The summed E-state index contributed by atoms with van der Waals surface area (Å²) >= 11 is 1.31. The van der Waals surface area contributed by atoms with Crippen molar-refractivity contribution in [3.8, 4) is 0 Å². The van der Waals surface area contributed by atoms with Gasteiger partial charge in [-0.15, -0.1) is 0 Å². The Bertz CT molecular complexity index is 1440. The first-order valence-electron chi connectivity index (χ1n) is 11.8. The number of rotatable bonds is 7. The number of nitrogens with zero attached hydrogens (tertiary/aromatic N) is 3. The van der Waals surface area contributed by atoms with Gasteiger partial charge in [0.1, 0.15) is 12.4 Å². The molecule has 0 radical (unpaired) electrons. The van der Waals surface area contributed by atoms with Crippen LogP contribution in [0.4, 0.5) is 4.39 Å². The molecule has 1 atom stereocenters. The highest BCUT2D eigenvalue weighted by atomic mass is 32.2. The third-order valence-electron chi connectivity index (χ3n) is 6.14. The highest BCUT2D eigenvalue weighted by Gasteiger charge is 2.33. The van der Waals surface area contributed by atoms with E-state index in [9.17, 15) is 22.4 Å². The van der Waals surface area contributed by atoms with Crippen LogP contribution < -0.4 is 4.80 Å².